The minimum Gasteiger partial charge on any atom is -0.383 e. The van der Waals surface area contributed by atoms with Gasteiger partial charge in [-0.15, -0.1) is 0 Å². The van der Waals surface area contributed by atoms with Gasteiger partial charge in [-0.2, -0.15) is 8.42 Å². The highest BCUT2D eigenvalue weighted by atomic mass is 35.5. The van der Waals surface area contributed by atoms with Gasteiger partial charge in [-0.25, -0.2) is 0 Å². The van der Waals surface area contributed by atoms with Crippen molar-refractivity contribution in [1.82, 2.24) is 5.32 Å². The summed E-state index contributed by atoms with van der Waals surface area (Å²) in [7, 11) is -3.67. The van der Waals surface area contributed by atoms with Gasteiger partial charge in [0.2, 0.25) is 0 Å². The van der Waals surface area contributed by atoms with E-state index in [-0.39, 0.29) is 6.04 Å². The predicted octanol–water partition coefficient (Wildman–Crippen LogP) is 3.87. The van der Waals surface area contributed by atoms with Crippen LogP contribution in [-0.4, -0.2) is 36.4 Å². The lowest BCUT2D eigenvalue weighted by Crippen LogP contribution is -2.63. The van der Waals surface area contributed by atoms with Gasteiger partial charge in [0.05, 0.1) is 16.3 Å². The minimum absolute atomic E-state index is 0.0993. The molecule has 0 unspecified atom stereocenters. The highest BCUT2D eigenvalue weighted by Crippen LogP contribution is 2.53. The average Bonchev–Trinajstić information content (AvgIpc) is 2.52. The van der Waals surface area contributed by atoms with Crippen molar-refractivity contribution in [3.63, 3.8) is 0 Å². The largest absolute Gasteiger partial charge is 0.383 e. The summed E-state index contributed by atoms with van der Waals surface area (Å²) in [5.41, 5.74) is 0.0732. The lowest BCUT2D eigenvalue weighted by Gasteiger charge is -2.55. The molecule has 3 aliphatic carbocycles. The van der Waals surface area contributed by atoms with Gasteiger partial charge in [-0.1, -0.05) is 43.1 Å². The van der Waals surface area contributed by atoms with Gasteiger partial charge in [0.15, 0.2) is 0 Å². The Hall–Kier alpha value is -0.370. The Morgan fingerprint density at radius 1 is 1.15 bits per heavy atom. The molecule has 8 heteroatoms. The summed E-state index contributed by atoms with van der Waals surface area (Å²) in [6.45, 7) is 4.27. The SMILES string of the molecule is CC(C)N[C@H]1C2CCC(CC2)[C@@]1(O)c1ccc(Cl)c(Cl)c1.CS(=O)(=O)O. The summed E-state index contributed by atoms with van der Waals surface area (Å²) in [5.74, 6) is 0.841. The molecule has 3 N–H and O–H groups in total. The van der Waals surface area contributed by atoms with Crippen molar-refractivity contribution in [3.05, 3.63) is 33.8 Å². The predicted molar refractivity (Wildman–Crippen MR) is 105 cm³/mol. The van der Waals surface area contributed by atoms with Crippen LogP contribution in [0.15, 0.2) is 18.2 Å². The first-order chi connectivity index (χ1) is 11.9. The van der Waals surface area contributed by atoms with E-state index in [1.54, 1.807) is 6.07 Å². The van der Waals surface area contributed by atoms with Crippen molar-refractivity contribution in [2.24, 2.45) is 11.8 Å². The fourth-order valence-corrected chi connectivity index (χ4v) is 4.59. The molecule has 0 amide bonds. The van der Waals surface area contributed by atoms with Crippen LogP contribution in [0.1, 0.15) is 45.1 Å². The molecule has 3 aliphatic rings. The summed E-state index contributed by atoms with van der Waals surface area (Å²) in [5, 5.41) is 16.3. The van der Waals surface area contributed by atoms with Crippen LogP contribution in [0.4, 0.5) is 0 Å². The molecule has 2 atom stereocenters. The molecule has 4 rings (SSSR count). The maximum Gasteiger partial charge on any atom is 0.261 e. The van der Waals surface area contributed by atoms with Gasteiger partial charge in [0.1, 0.15) is 5.60 Å². The summed E-state index contributed by atoms with van der Waals surface area (Å²) >= 11 is 12.2. The van der Waals surface area contributed by atoms with Crippen LogP contribution < -0.4 is 5.32 Å². The highest BCUT2D eigenvalue weighted by molar-refractivity contribution is 7.85. The second-order valence-electron chi connectivity index (χ2n) is 7.60. The van der Waals surface area contributed by atoms with E-state index < -0.39 is 15.7 Å². The first-order valence-corrected chi connectivity index (χ1v) is 11.4. The van der Waals surface area contributed by atoms with Crippen molar-refractivity contribution >= 4 is 33.3 Å². The van der Waals surface area contributed by atoms with E-state index in [4.69, 9.17) is 27.8 Å². The smallest absolute Gasteiger partial charge is 0.261 e. The Kier molecular flexibility index (Phi) is 7.03. The zero-order valence-electron chi connectivity index (χ0n) is 15.2. The van der Waals surface area contributed by atoms with Crippen LogP contribution in [0.5, 0.6) is 0 Å². The van der Waals surface area contributed by atoms with Gasteiger partial charge >= 0.3 is 0 Å². The van der Waals surface area contributed by atoms with E-state index in [1.807, 2.05) is 12.1 Å². The molecule has 1 aromatic carbocycles. The van der Waals surface area contributed by atoms with Crippen LogP contribution in [0, 0.1) is 11.8 Å². The second-order valence-corrected chi connectivity index (χ2v) is 9.88. The van der Waals surface area contributed by atoms with E-state index in [2.05, 4.69) is 19.2 Å². The number of hydrogen-bond acceptors (Lipinski definition) is 4. The fraction of sp³-hybridized carbons (Fsp3) is 0.667. The summed E-state index contributed by atoms with van der Waals surface area (Å²) in [6.07, 6.45) is 5.32. The summed E-state index contributed by atoms with van der Waals surface area (Å²) < 4.78 is 25.9. The third-order valence-electron chi connectivity index (χ3n) is 5.23. The maximum atomic E-state index is 11.6. The molecule has 1 aromatic rings. The Labute approximate surface area is 165 Å². The van der Waals surface area contributed by atoms with E-state index >= 15 is 0 Å². The Morgan fingerprint density at radius 2 is 1.69 bits per heavy atom. The molecule has 5 nitrogen and oxygen atoms in total. The first kappa shape index (κ1) is 21.9. The lowest BCUT2D eigenvalue weighted by atomic mass is 9.57. The zero-order chi connectivity index (χ0) is 19.7. The van der Waals surface area contributed by atoms with Crippen LogP contribution in [0.25, 0.3) is 0 Å². The Bertz CT molecular complexity index is 725. The number of nitrogens with one attached hydrogen (secondary N) is 1. The molecule has 2 bridgehead atoms. The molecule has 0 aromatic heterocycles. The van der Waals surface area contributed by atoms with Crippen molar-refractivity contribution in [2.75, 3.05) is 6.26 Å². The van der Waals surface area contributed by atoms with Crippen molar-refractivity contribution < 1.29 is 18.1 Å². The number of aliphatic hydroxyl groups is 1. The number of benzene rings is 1. The molecule has 0 radical (unpaired) electrons. The van der Waals surface area contributed by atoms with Gasteiger partial charge in [0.25, 0.3) is 10.1 Å². The standard InChI is InChI=1S/C17H23Cl2NO.CH4O3S/c1-10(2)20-16-11-3-5-12(6-4-11)17(16,21)13-7-8-14(18)15(19)9-13;1-5(2,3)4/h7-12,16,20-21H,3-6H2,1-2H3;1H3,(H,2,3,4)/t11?,12?,16-,17+;/m0./s1. The number of rotatable bonds is 3. The van der Waals surface area contributed by atoms with Gasteiger partial charge in [-0.3, -0.25) is 4.55 Å². The van der Waals surface area contributed by atoms with Gasteiger partial charge < -0.3 is 10.4 Å². The molecular weight excluding hydrogens is 397 g/mol. The summed E-state index contributed by atoms with van der Waals surface area (Å²) in [6, 6.07) is 6.03. The molecule has 0 heterocycles. The Morgan fingerprint density at radius 3 is 2.15 bits per heavy atom. The van der Waals surface area contributed by atoms with Crippen LogP contribution >= 0.6 is 23.2 Å². The van der Waals surface area contributed by atoms with E-state index in [0.717, 1.165) is 18.4 Å². The van der Waals surface area contributed by atoms with Gasteiger partial charge in [-0.05, 0) is 55.2 Å². The van der Waals surface area contributed by atoms with Crippen LogP contribution in [0.2, 0.25) is 10.0 Å². The maximum absolute atomic E-state index is 11.6. The number of hydrogen-bond donors (Lipinski definition) is 3. The number of halogens is 2. The van der Waals surface area contributed by atoms with Crippen molar-refractivity contribution in [3.8, 4) is 0 Å². The Balaban J connectivity index is 0.000000431. The molecule has 3 saturated carbocycles. The number of fused-ring (bicyclic) bond motifs is 3. The minimum atomic E-state index is -3.67. The molecule has 0 saturated heterocycles. The van der Waals surface area contributed by atoms with Crippen molar-refractivity contribution in [2.45, 2.75) is 57.2 Å². The quantitative estimate of drug-likeness (QED) is 0.642. The topological polar surface area (TPSA) is 86.6 Å². The van der Waals surface area contributed by atoms with Gasteiger partial charge in [0, 0.05) is 12.1 Å². The zero-order valence-corrected chi connectivity index (χ0v) is 17.6. The molecule has 148 valence electrons. The third kappa shape index (κ3) is 5.12. The fourth-order valence-electron chi connectivity index (χ4n) is 4.29. The summed E-state index contributed by atoms with van der Waals surface area (Å²) in [4.78, 5) is 0. The molecule has 0 spiro atoms. The first-order valence-electron chi connectivity index (χ1n) is 8.79. The highest BCUT2D eigenvalue weighted by Gasteiger charge is 2.54. The van der Waals surface area contributed by atoms with Crippen LogP contribution in [0.3, 0.4) is 0 Å². The normalized spacial score (nSPS) is 30.8. The molecular formula is C18H27Cl2NO4S. The molecule has 3 fully saturated rings. The lowest BCUT2D eigenvalue weighted by molar-refractivity contribution is -0.134. The second kappa shape index (κ2) is 8.33. The van der Waals surface area contributed by atoms with E-state index in [0.29, 0.717) is 34.2 Å². The monoisotopic (exact) mass is 423 g/mol. The molecule has 0 aliphatic heterocycles. The average molecular weight is 424 g/mol. The van der Waals surface area contributed by atoms with Crippen LogP contribution in [-0.2, 0) is 15.7 Å². The third-order valence-corrected chi connectivity index (χ3v) is 5.97. The molecule has 26 heavy (non-hydrogen) atoms. The van der Waals surface area contributed by atoms with Crippen molar-refractivity contribution in [1.29, 1.82) is 0 Å². The van der Waals surface area contributed by atoms with E-state index in [9.17, 15) is 13.5 Å². The van der Waals surface area contributed by atoms with E-state index in [1.165, 1.54) is 12.8 Å².